The maximum Gasteiger partial charge on any atom is 0.291 e. The fraction of sp³-hybridized carbons (Fsp3) is 0.417. The minimum Gasteiger partial charge on any atom is -0.451 e. The quantitative estimate of drug-likeness (QED) is 0.638. The molecular formula is C24H30N6O2. The Bertz CT molecular complexity index is 1050. The van der Waals surface area contributed by atoms with E-state index >= 15 is 0 Å². The monoisotopic (exact) mass is 434 g/mol. The van der Waals surface area contributed by atoms with Gasteiger partial charge in [0, 0.05) is 51.2 Å². The Kier molecular flexibility index (Phi) is 5.85. The molecular weight excluding hydrogens is 404 g/mol. The zero-order valence-corrected chi connectivity index (χ0v) is 18.5. The first-order valence-electron chi connectivity index (χ1n) is 11.4. The van der Waals surface area contributed by atoms with E-state index in [0.717, 1.165) is 56.2 Å². The zero-order chi connectivity index (χ0) is 21.9. The van der Waals surface area contributed by atoms with Gasteiger partial charge in [-0.2, -0.15) is 5.10 Å². The Hall–Kier alpha value is -3.26. The van der Waals surface area contributed by atoms with Gasteiger partial charge in [-0.15, -0.1) is 0 Å². The van der Waals surface area contributed by atoms with Crippen LogP contribution >= 0.6 is 0 Å². The van der Waals surface area contributed by atoms with Gasteiger partial charge in [0.25, 0.3) is 5.91 Å². The molecule has 0 bridgehead atoms. The predicted molar refractivity (Wildman–Crippen MR) is 126 cm³/mol. The van der Waals surface area contributed by atoms with Gasteiger partial charge in [0.2, 0.25) is 0 Å². The summed E-state index contributed by atoms with van der Waals surface area (Å²) in [6, 6.07) is 9.90. The summed E-state index contributed by atoms with van der Waals surface area (Å²) in [5.41, 5.74) is 3.96. The van der Waals surface area contributed by atoms with Gasteiger partial charge in [0.15, 0.2) is 5.76 Å². The van der Waals surface area contributed by atoms with E-state index < -0.39 is 0 Å². The molecule has 32 heavy (non-hydrogen) atoms. The van der Waals surface area contributed by atoms with Crippen LogP contribution in [0.4, 0.5) is 17.1 Å². The number of hydrogen-bond donors (Lipinski definition) is 2. The van der Waals surface area contributed by atoms with Crippen molar-refractivity contribution in [2.45, 2.75) is 19.3 Å². The molecule has 2 saturated heterocycles. The number of aromatic amines is 1. The molecule has 0 unspecified atom stereocenters. The minimum absolute atomic E-state index is 0.245. The molecule has 2 aliphatic heterocycles. The van der Waals surface area contributed by atoms with E-state index in [1.54, 1.807) is 24.5 Å². The van der Waals surface area contributed by atoms with Crippen LogP contribution in [0, 0.1) is 0 Å². The fourth-order valence-electron chi connectivity index (χ4n) is 4.47. The number of piperidine rings is 1. The lowest BCUT2D eigenvalue weighted by Gasteiger charge is -2.36. The van der Waals surface area contributed by atoms with Crippen molar-refractivity contribution in [2.75, 3.05) is 61.4 Å². The molecule has 2 aromatic heterocycles. The summed E-state index contributed by atoms with van der Waals surface area (Å²) < 4.78 is 5.78. The van der Waals surface area contributed by atoms with Crippen LogP contribution in [-0.4, -0.2) is 67.3 Å². The second-order valence-corrected chi connectivity index (χ2v) is 8.64. The van der Waals surface area contributed by atoms with E-state index in [0.29, 0.717) is 5.76 Å². The van der Waals surface area contributed by atoms with Crippen LogP contribution in [-0.2, 0) is 0 Å². The highest BCUT2D eigenvalue weighted by Crippen LogP contribution is 2.34. The van der Waals surface area contributed by atoms with Crippen LogP contribution in [0.15, 0.2) is 47.1 Å². The fourth-order valence-corrected chi connectivity index (χ4v) is 4.47. The third kappa shape index (κ3) is 4.36. The highest BCUT2D eigenvalue weighted by atomic mass is 16.3. The lowest BCUT2D eigenvalue weighted by atomic mass is 10.1. The largest absolute Gasteiger partial charge is 0.451 e. The highest BCUT2D eigenvalue weighted by molar-refractivity contribution is 6.04. The van der Waals surface area contributed by atoms with Gasteiger partial charge in [0.1, 0.15) is 5.76 Å². The number of rotatable bonds is 5. The highest BCUT2D eigenvalue weighted by Gasteiger charge is 2.21. The maximum atomic E-state index is 13.0. The molecule has 0 atom stereocenters. The molecule has 5 rings (SSSR count). The maximum absolute atomic E-state index is 13.0. The molecule has 0 spiro atoms. The number of carbonyl (C=O) groups excluding carboxylic acids is 1. The van der Waals surface area contributed by atoms with Gasteiger partial charge < -0.3 is 24.4 Å². The molecule has 0 saturated carbocycles. The molecule has 168 valence electrons. The Morgan fingerprint density at radius 1 is 1.00 bits per heavy atom. The van der Waals surface area contributed by atoms with E-state index in [9.17, 15) is 4.79 Å². The first kappa shape index (κ1) is 20.6. The van der Waals surface area contributed by atoms with Crippen molar-refractivity contribution in [1.29, 1.82) is 0 Å². The van der Waals surface area contributed by atoms with Gasteiger partial charge in [-0.05, 0) is 56.6 Å². The summed E-state index contributed by atoms with van der Waals surface area (Å²) in [5.74, 6) is 0.657. The number of carbonyl (C=O) groups is 1. The molecule has 0 radical (unpaired) electrons. The number of likely N-dealkylation sites (N-methyl/N-ethyl adjacent to an activating group) is 1. The molecule has 4 heterocycles. The summed E-state index contributed by atoms with van der Waals surface area (Å²) in [5, 5.41) is 9.79. The summed E-state index contributed by atoms with van der Waals surface area (Å²) in [7, 11) is 2.17. The number of furan rings is 1. The Labute approximate surface area is 188 Å². The number of nitrogens with one attached hydrogen (secondary N) is 2. The number of benzene rings is 1. The summed E-state index contributed by atoms with van der Waals surface area (Å²) in [6.45, 7) is 6.20. The third-order valence-corrected chi connectivity index (χ3v) is 6.41. The van der Waals surface area contributed by atoms with Crippen molar-refractivity contribution < 1.29 is 9.21 Å². The van der Waals surface area contributed by atoms with E-state index in [-0.39, 0.29) is 11.7 Å². The number of anilines is 3. The SMILES string of the molecule is CN1CCN(c2ccc(NC(=O)c3ccc(-c4cn[nH]c4)o3)c(N3CCCCC3)c2)CC1. The van der Waals surface area contributed by atoms with Crippen molar-refractivity contribution in [3.05, 3.63) is 48.5 Å². The zero-order valence-electron chi connectivity index (χ0n) is 18.5. The van der Waals surface area contributed by atoms with E-state index in [2.05, 4.69) is 49.4 Å². The lowest BCUT2D eigenvalue weighted by Crippen LogP contribution is -2.44. The molecule has 2 fully saturated rings. The molecule has 0 aliphatic carbocycles. The molecule has 8 heteroatoms. The summed E-state index contributed by atoms with van der Waals surface area (Å²) >= 11 is 0. The topological polar surface area (TPSA) is 80.6 Å². The van der Waals surface area contributed by atoms with Crippen LogP contribution < -0.4 is 15.1 Å². The number of hydrogen-bond acceptors (Lipinski definition) is 6. The first-order valence-corrected chi connectivity index (χ1v) is 11.4. The van der Waals surface area contributed by atoms with Gasteiger partial charge in [0.05, 0.1) is 23.1 Å². The number of nitrogens with zero attached hydrogens (tertiary/aromatic N) is 4. The van der Waals surface area contributed by atoms with Crippen molar-refractivity contribution in [2.24, 2.45) is 0 Å². The molecule has 1 aromatic carbocycles. The van der Waals surface area contributed by atoms with Crippen molar-refractivity contribution in [1.82, 2.24) is 15.1 Å². The van der Waals surface area contributed by atoms with Crippen LogP contribution in [0.3, 0.4) is 0 Å². The van der Waals surface area contributed by atoms with Crippen LogP contribution in [0.2, 0.25) is 0 Å². The van der Waals surface area contributed by atoms with Gasteiger partial charge in [-0.1, -0.05) is 0 Å². The number of H-pyrrole nitrogens is 1. The van der Waals surface area contributed by atoms with E-state index in [1.165, 1.54) is 24.9 Å². The number of amides is 1. The Morgan fingerprint density at radius 3 is 2.56 bits per heavy atom. The van der Waals surface area contributed by atoms with Crippen LogP contribution in [0.5, 0.6) is 0 Å². The predicted octanol–water partition coefficient (Wildman–Crippen LogP) is 3.66. The third-order valence-electron chi connectivity index (χ3n) is 6.41. The smallest absolute Gasteiger partial charge is 0.291 e. The number of piperazine rings is 1. The molecule has 2 aliphatic rings. The normalized spacial score (nSPS) is 17.5. The summed E-state index contributed by atoms with van der Waals surface area (Å²) in [6.07, 6.45) is 7.04. The molecule has 2 N–H and O–H groups in total. The number of aromatic nitrogens is 2. The van der Waals surface area contributed by atoms with E-state index in [4.69, 9.17) is 4.42 Å². The van der Waals surface area contributed by atoms with E-state index in [1.807, 2.05) is 6.07 Å². The Balaban J connectivity index is 1.39. The van der Waals surface area contributed by atoms with Crippen molar-refractivity contribution in [3.63, 3.8) is 0 Å². The molecule has 8 nitrogen and oxygen atoms in total. The van der Waals surface area contributed by atoms with Crippen molar-refractivity contribution in [3.8, 4) is 11.3 Å². The molecule has 3 aromatic rings. The Morgan fingerprint density at radius 2 is 1.81 bits per heavy atom. The second-order valence-electron chi connectivity index (χ2n) is 8.64. The van der Waals surface area contributed by atoms with Gasteiger partial charge in [-0.25, -0.2) is 0 Å². The standard InChI is InChI=1S/C24H30N6O2/c1-28-11-13-29(14-12-28)19-5-6-20(21(15-19)30-9-3-2-4-10-30)27-24(31)23-8-7-22(32-23)18-16-25-26-17-18/h5-8,15-17H,2-4,9-14H2,1H3,(H,25,26)(H,27,31). The van der Waals surface area contributed by atoms with Gasteiger partial charge >= 0.3 is 0 Å². The summed E-state index contributed by atoms with van der Waals surface area (Å²) in [4.78, 5) is 20.2. The van der Waals surface area contributed by atoms with Gasteiger partial charge in [-0.3, -0.25) is 9.89 Å². The molecule has 1 amide bonds. The van der Waals surface area contributed by atoms with Crippen molar-refractivity contribution >= 4 is 23.0 Å². The van der Waals surface area contributed by atoms with Crippen LogP contribution in [0.1, 0.15) is 29.8 Å². The second kappa shape index (κ2) is 9.08. The average molecular weight is 435 g/mol. The lowest BCUT2D eigenvalue weighted by molar-refractivity contribution is 0.0997. The minimum atomic E-state index is -0.245. The van der Waals surface area contributed by atoms with Crippen LogP contribution in [0.25, 0.3) is 11.3 Å². The average Bonchev–Trinajstić information content (AvgIpc) is 3.53. The first-order chi connectivity index (χ1) is 15.7.